The number of nitrogens with zero attached hydrogens (tertiary/aromatic N) is 1. The van der Waals surface area contributed by atoms with Crippen LogP contribution in [-0.2, 0) is 9.63 Å². The van der Waals surface area contributed by atoms with Crippen LogP contribution >= 0.6 is 11.6 Å². The van der Waals surface area contributed by atoms with Gasteiger partial charge in [-0.3, -0.25) is 0 Å². The third-order valence-corrected chi connectivity index (χ3v) is 3.65. The first-order valence-corrected chi connectivity index (χ1v) is 7.72. The van der Waals surface area contributed by atoms with E-state index in [0.29, 0.717) is 31.0 Å². The van der Waals surface area contributed by atoms with E-state index in [-0.39, 0.29) is 17.8 Å². The fourth-order valence-corrected chi connectivity index (χ4v) is 2.20. The first-order valence-electron chi connectivity index (χ1n) is 7.35. The zero-order chi connectivity index (χ0) is 16.3. The topological polar surface area (TPSA) is 38.8 Å². The maximum absolute atomic E-state index is 13.7. The number of piperidine rings is 1. The van der Waals surface area contributed by atoms with Crippen LogP contribution in [-0.4, -0.2) is 30.2 Å². The van der Waals surface area contributed by atoms with E-state index in [1.54, 1.807) is 11.1 Å². The molecule has 0 N–H and O–H groups in total. The predicted molar refractivity (Wildman–Crippen MR) is 82.2 cm³/mol. The van der Waals surface area contributed by atoms with E-state index in [2.05, 4.69) is 0 Å². The molecule has 0 atom stereocenters. The van der Waals surface area contributed by atoms with Gasteiger partial charge < -0.3 is 9.57 Å². The number of hydrogen-bond acceptors (Lipinski definition) is 4. The molecule has 0 saturated carbocycles. The number of halogens is 2. The number of hydrogen-bond donors (Lipinski definition) is 0. The number of rotatable bonds is 3. The summed E-state index contributed by atoms with van der Waals surface area (Å²) >= 11 is 5.71. The van der Waals surface area contributed by atoms with Crippen molar-refractivity contribution in [2.45, 2.75) is 39.7 Å². The molecule has 122 valence electrons. The van der Waals surface area contributed by atoms with Crippen molar-refractivity contribution >= 4 is 17.6 Å². The highest BCUT2D eigenvalue weighted by Gasteiger charge is 2.29. The summed E-state index contributed by atoms with van der Waals surface area (Å²) in [6, 6.07) is 4.36. The highest BCUT2D eigenvalue weighted by Crippen LogP contribution is 2.25. The van der Waals surface area contributed by atoms with Crippen LogP contribution in [0.4, 0.5) is 4.39 Å². The Morgan fingerprint density at radius 3 is 2.50 bits per heavy atom. The van der Waals surface area contributed by atoms with Gasteiger partial charge in [-0.1, -0.05) is 11.6 Å². The second-order valence-corrected chi connectivity index (χ2v) is 6.89. The molecular weight excluding hydrogens is 309 g/mol. The molecule has 1 fully saturated rings. The maximum Gasteiger partial charge on any atom is 0.330 e. The highest BCUT2D eigenvalue weighted by atomic mass is 35.5. The zero-order valence-corrected chi connectivity index (χ0v) is 13.8. The lowest BCUT2D eigenvalue weighted by Gasteiger charge is -2.32. The Morgan fingerprint density at radius 2 is 1.95 bits per heavy atom. The van der Waals surface area contributed by atoms with Crippen molar-refractivity contribution < 1.29 is 18.8 Å². The van der Waals surface area contributed by atoms with Crippen LogP contribution in [0.5, 0.6) is 5.75 Å². The average Bonchev–Trinajstić information content (AvgIpc) is 2.43. The molecule has 0 bridgehead atoms. The van der Waals surface area contributed by atoms with E-state index < -0.39 is 11.2 Å². The summed E-state index contributed by atoms with van der Waals surface area (Å²) in [6.07, 6.45) is 1.24. The molecule has 0 aliphatic carbocycles. The number of ether oxygens (including phenoxy) is 1. The third-order valence-electron chi connectivity index (χ3n) is 3.41. The van der Waals surface area contributed by atoms with Crippen LogP contribution < -0.4 is 4.74 Å². The van der Waals surface area contributed by atoms with Gasteiger partial charge in [0.15, 0.2) is 11.6 Å². The van der Waals surface area contributed by atoms with Gasteiger partial charge in [-0.25, -0.2) is 9.18 Å². The molecule has 1 aliphatic rings. The van der Waals surface area contributed by atoms with Crippen LogP contribution in [0, 0.1) is 11.2 Å². The van der Waals surface area contributed by atoms with Gasteiger partial charge in [0, 0.05) is 31.0 Å². The third kappa shape index (κ3) is 4.58. The molecule has 2 rings (SSSR count). The SMILES string of the molecule is CC(C)(C)C(=O)ON1CCC(Oc2ccc(Cl)cc2F)CC1. The summed E-state index contributed by atoms with van der Waals surface area (Å²) in [6.45, 7) is 6.58. The fraction of sp³-hybridized carbons (Fsp3) is 0.562. The molecule has 1 aliphatic heterocycles. The van der Waals surface area contributed by atoms with Gasteiger partial charge in [0.1, 0.15) is 6.10 Å². The average molecular weight is 330 g/mol. The molecule has 1 aromatic rings. The van der Waals surface area contributed by atoms with Crippen molar-refractivity contribution in [3.05, 3.63) is 29.0 Å². The second kappa shape index (κ2) is 6.84. The summed E-state index contributed by atoms with van der Waals surface area (Å²) in [5, 5.41) is 1.99. The zero-order valence-electron chi connectivity index (χ0n) is 13.1. The van der Waals surface area contributed by atoms with Gasteiger partial charge >= 0.3 is 5.97 Å². The van der Waals surface area contributed by atoms with Gasteiger partial charge in [-0.05, 0) is 39.0 Å². The second-order valence-electron chi connectivity index (χ2n) is 6.45. The summed E-state index contributed by atoms with van der Waals surface area (Å²) < 4.78 is 19.4. The molecular formula is C16H21ClFNO3. The van der Waals surface area contributed by atoms with Crippen molar-refractivity contribution in [3.8, 4) is 5.75 Å². The Balaban J connectivity index is 1.83. The number of benzene rings is 1. The molecule has 1 heterocycles. The molecule has 4 nitrogen and oxygen atoms in total. The minimum atomic E-state index is -0.528. The van der Waals surface area contributed by atoms with Gasteiger partial charge in [0.25, 0.3) is 0 Å². The van der Waals surface area contributed by atoms with Crippen molar-refractivity contribution in [2.75, 3.05) is 13.1 Å². The van der Waals surface area contributed by atoms with Crippen LogP contribution in [0.3, 0.4) is 0 Å². The quantitative estimate of drug-likeness (QED) is 0.845. The molecule has 0 amide bonds. The van der Waals surface area contributed by atoms with Crippen LogP contribution in [0.25, 0.3) is 0 Å². The molecule has 0 radical (unpaired) electrons. The predicted octanol–water partition coefficient (Wildman–Crippen LogP) is 3.83. The summed E-state index contributed by atoms with van der Waals surface area (Å²) in [5.41, 5.74) is -0.528. The smallest absolute Gasteiger partial charge is 0.330 e. The van der Waals surface area contributed by atoms with E-state index in [4.69, 9.17) is 21.2 Å². The maximum atomic E-state index is 13.7. The van der Waals surface area contributed by atoms with Crippen molar-refractivity contribution in [2.24, 2.45) is 5.41 Å². The van der Waals surface area contributed by atoms with Crippen molar-refractivity contribution in [1.29, 1.82) is 0 Å². The Hall–Kier alpha value is -1.33. The number of carbonyl (C=O) groups is 1. The minimum absolute atomic E-state index is 0.0970. The Morgan fingerprint density at radius 1 is 1.32 bits per heavy atom. The van der Waals surface area contributed by atoms with E-state index in [0.717, 1.165) is 0 Å². The van der Waals surface area contributed by atoms with Gasteiger partial charge in [0.2, 0.25) is 0 Å². The first kappa shape index (κ1) is 17.0. The largest absolute Gasteiger partial charge is 0.487 e. The normalized spacial score (nSPS) is 17.3. The molecule has 0 aromatic heterocycles. The van der Waals surface area contributed by atoms with Crippen molar-refractivity contribution in [3.63, 3.8) is 0 Å². The standard InChI is InChI=1S/C16H21ClFNO3/c1-16(2,3)15(20)22-19-8-6-12(7-9-19)21-14-5-4-11(17)10-13(14)18/h4-5,10,12H,6-9H2,1-3H3. The lowest BCUT2D eigenvalue weighted by molar-refractivity contribution is -0.207. The van der Waals surface area contributed by atoms with Crippen LogP contribution in [0.15, 0.2) is 18.2 Å². The fourth-order valence-electron chi connectivity index (χ4n) is 2.05. The summed E-state index contributed by atoms with van der Waals surface area (Å²) in [4.78, 5) is 17.2. The lowest BCUT2D eigenvalue weighted by atomic mass is 9.98. The van der Waals surface area contributed by atoms with E-state index >= 15 is 0 Å². The molecule has 22 heavy (non-hydrogen) atoms. The monoisotopic (exact) mass is 329 g/mol. The molecule has 6 heteroatoms. The van der Waals surface area contributed by atoms with E-state index in [1.165, 1.54) is 12.1 Å². The Labute approximate surface area is 135 Å². The molecule has 1 aromatic carbocycles. The Bertz CT molecular complexity index is 537. The summed E-state index contributed by atoms with van der Waals surface area (Å²) in [5.74, 6) is -0.515. The first-order chi connectivity index (χ1) is 10.3. The summed E-state index contributed by atoms with van der Waals surface area (Å²) in [7, 11) is 0. The van der Waals surface area contributed by atoms with E-state index in [9.17, 15) is 9.18 Å². The van der Waals surface area contributed by atoms with Crippen LogP contribution in [0.2, 0.25) is 5.02 Å². The minimum Gasteiger partial charge on any atom is -0.487 e. The lowest BCUT2D eigenvalue weighted by Crippen LogP contribution is -2.41. The van der Waals surface area contributed by atoms with Gasteiger partial charge in [0.05, 0.1) is 5.41 Å². The molecule has 1 saturated heterocycles. The highest BCUT2D eigenvalue weighted by molar-refractivity contribution is 6.30. The van der Waals surface area contributed by atoms with Crippen LogP contribution in [0.1, 0.15) is 33.6 Å². The van der Waals surface area contributed by atoms with Crippen molar-refractivity contribution in [1.82, 2.24) is 5.06 Å². The number of hydroxylamine groups is 2. The Kier molecular flexibility index (Phi) is 5.29. The molecule has 0 unspecified atom stereocenters. The van der Waals surface area contributed by atoms with E-state index in [1.807, 2.05) is 20.8 Å². The van der Waals surface area contributed by atoms with Gasteiger partial charge in [-0.15, -0.1) is 5.06 Å². The molecule has 0 spiro atoms. The number of carbonyl (C=O) groups excluding carboxylic acids is 1. The van der Waals surface area contributed by atoms with Gasteiger partial charge in [-0.2, -0.15) is 0 Å².